The van der Waals surface area contributed by atoms with Gasteiger partial charge in [0.2, 0.25) is 0 Å². The fourth-order valence-corrected chi connectivity index (χ4v) is 4.78. The molecule has 1 saturated heterocycles. The average Bonchev–Trinajstić information content (AvgIpc) is 3.67. The zero-order valence-corrected chi connectivity index (χ0v) is 20.3. The van der Waals surface area contributed by atoms with Gasteiger partial charge in [0.15, 0.2) is 11.5 Å². The maximum Gasteiger partial charge on any atom is 0.156 e. The number of pyridine rings is 1. The summed E-state index contributed by atoms with van der Waals surface area (Å²) < 4.78 is 9.81. The molecule has 0 amide bonds. The van der Waals surface area contributed by atoms with E-state index in [9.17, 15) is 0 Å². The third-order valence-corrected chi connectivity index (χ3v) is 6.68. The second kappa shape index (κ2) is 10.3. The number of ether oxygens (including phenoxy) is 1. The van der Waals surface area contributed by atoms with E-state index in [1.807, 2.05) is 57.9 Å². The lowest BCUT2D eigenvalue weighted by Gasteiger charge is -2.14. The largest absolute Gasteiger partial charge is 0.492 e. The Kier molecular flexibility index (Phi) is 6.46. The van der Waals surface area contributed by atoms with Crippen LogP contribution in [0.25, 0.3) is 16.9 Å². The molecular formula is C29H30N6O. The van der Waals surface area contributed by atoms with Gasteiger partial charge in [-0.15, -0.1) is 0 Å². The molecule has 3 aromatic heterocycles. The van der Waals surface area contributed by atoms with Crippen LogP contribution in [0.5, 0.6) is 5.75 Å². The number of likely N-dealkylation sites (tertiary alicyclic amines) is 1. The van der Waals surface area contributed by atoms with E-state index in [1.165, 1.54) is 31.5 Å². The van der Waals surface area contributed by atoms with Crippen molar-refractivity contribution in [3.05, 3.63) is 102 Å². The smallest absolute Gasteiger partial charge is 0.156 e. The molecule has 1 fully saturated rings. The molecule has 0 spiro atoms. The summed E-state index contributed by atoms with van der Waals surface area (Å²) in [6, 6.07) is 24.7. The Morgan fingerprint density at radius 1 is 0.833 bits per heavy atom. The number of fused-ring (bicyclic) bond motifs is 1. The lowest BCUT2D eigenvalue weighted by Crippen LogP contribution is -2.25. The minimum Gasteiger partial charge on any atom is -0.492 e. The quantitative estimate of drug-likeness (QED) is 0.307. The molecule has 0 aliphatic carbocycles. The Labute approximate surface area is 211 Å². The zero-order chi connectivity index (χ0) is 24.2. The molecule has 6 rings (SSSR count). The van der Waals surface area contributed by atoms with Crippen molar-refractivity contribution >= 4 is 5.65 Å². The predicted octanol–water partition coefficient (Wildman–Crippen LogP) is 4.71. The van der Waals surface area contributed by atoms with Gasteiger partial charge in [0, 0.05) is 24.7 Å². The first kappa shape index (κ1) is 22.5. The standard InChI is InChI=1S/C29H30N6O/c1-2-7-24(8-3-1)21-34-22-25(20-30-34)27-9-6-10-29-31-28(32-35(27)29)19-23-11-13-26(14-12-23)36-18-17-33-15-4-5-16-33/h1-3,6-14,20,22H,4-5,15-19,21H2. The van der Waals surface area contributed by atoms with Gasteiger partial charge in [-0.1, -0.05) is 48.5 Å². The van der Waals surface area contributed by atoms with E-state index in [1.54, 1.807) is 0 Å². The van der Waals surface area contributed by atoms with Crippen LogP contribution in [0.4, 0.5) is 0 Å². The van der Waals surface area contributed by atoms with Gasteiger partial charge >= 0.3 is 0 Å². The average molecular weight is 479 g/mol. The van der Waals surface area contributed by atoms with Crippen molar-refractivity contribution in [1.29, 1.82) is 0 Å². The lowest BCUT2D eigenvalue weighted by atomic mass is 10.1. The van der Waals surface area contributed by atoms with Crippen molar-refractivity contribution in [1.82, 2.24) is 29.3 Å². The van der Waals surface area contributed by atoms with E-state index in [-0.39, 0.29) is 0 Å². The summed E-state index contributed by atoms with van der Waals surface area (Å²) in [4.78, 5) is 7.24. The second-order valence-corrected chi connectivity index (χ2v) is 9.34. The summed E-state index contributed by atoms with van der Waals surface area (Å²) in [5.41, 5.74) is 5.21. The van der Waals surface area contributed by atoms with Crippen LogP contribution >= 0.6 is 0 Å². The summed E-state index contributed by atoms with van der Waals surface area (Å²) in [6.45, 7) is 4.87. The topological polar surface area (TPSA) is 60.5 Å². The van der Waals surface area contributed by atoms with E-state index < -0.39 is 0 Å². The van der Waals surface area contributed by atoms with E-state index in [0.717, 1.165) is 53.7 Å². The van der Waals surface area contributed by atoms with Crippen LogP contribution in [0.3, 0.4) is 0 Å². The third kappa shape index (κ3) is 5.16. The summed E-state index contributed by atoms with van der Waals surface area (Å²) in [5, 5.41) is 9.39. The van der Waals surface area contributed by atoms with E-state index >= 15 is 0 Å². The van der Waals surface area contributed by atoms with Crippen molar-refractivity contribution in [2.24, 2.45) is 0 Å². The summed E-state index contributed by atoms with van der Waals surface area (Å²) >= 11 is 0. The molecule has 0 N–H and O–H groups in total. The molecule has 2 aromatic carbocycles. The molecule has 7 heteroatoms. The van der Waals surface area contributed by atoms with Crippen LogP contribution in [0.15, 0.2) is 85.2 Å². The molecule has 0 radical (unpaired) electrons. The van der Waals surface area contributed by atoms with Crippen LogP contribution in [-0.4, -0.2) is 55.5 Å². The molecule has 0 bridgehead atoms. The predicted molar refractivity (Wildman–Crippen MR) is 140 cm³/mol. The Bertz CT molecular complexity index is 1420. The van der Waals surface area contributed by atoms with Gasteiger partial charge in [-0.2, -0.15) is 10.2 Å². The molecule has 5 aromatic rings. The van der Waals surface area contributed by atoms with Crippen molar-refractivity contribution < 1.29 is 4.74 Å². The van der Waals surface area contributed by atoms with Gasteiger partial charge in [0.1, 0.15) is 12.4 Å². The molecule has 7 nitrogen and oxygen atoms in total. The number of nitrogens with zero attached hydrogens (tertiary/aromatic N) is 6. The SMILES string of the molecule is c1ccc(Cn2cc(-c3cccc4nc(Cc5ccc(OCCN6CCCC6)cc5)nn34)cn2)cc1. The molecule has 1 aliphatic rings. The van der Waals surface area contributed by atoms with Gasteiger partial charge in [-0.3, -0.25) is 9.58 Å². The van der Waals surface area contributed by atoms with Crippen molar-refractivity contribution in [2.75, 3.05) is 26.2 Å². The molecule has 4 heterocycles. The molecule has 0 unspecified atom stereocenters. The first-order chi connectivity index (χ1) is 17.8. The first-order valence-electron chi connectivity index (χ1n) is 12.7. The lowest BCUT2D eigenvalue weighted by molar-refractivity contribution is 0.238. The Balaban J connectivity index is 1.13. The number of hydrogen-bond acceptors (Lipinski definition) is 5. The Morgan fingerprint density at radius 2 is 1.67 bits per heavy atom. The van der Waals surface area contributed by atoms with Crippen LogP contribution in [0.1, 0.15) is 29.8 Å². The van der Waals surface area contributed by atoms with Crippen LogP contribution < -0.4 is 4.74 Å². The molecule has 36 heavy (non-hydrogen) atoms. The highest BCUT2D eigenvalue weighted by molar-refractivity contribution is 5.61. The Hall–Kier alpha value is -3.97. The maximum atomic E-state index is 5.94. The fourth-order valence-electron chi connectivity index (χ4n) is 4.78. The van der Waals surface area contributed by atoms with Crippen molar-refractivity contribution in [3.63, 3.8) is 0 Å². The Morgan fingerprint density at radius 3 is 2.50 bits per heavy atom. The van der Waals surface area contributed by atoms with Crippen LogP contribution in [0.2, 0.25) is 0 Å². The van der Waals surface area contributed by atoms with Gasteiger partial charge in [-0.25, -0.2) is 9.50 Å². The van der Waals surface area contributed by atoms with Crippen LogP contribution in [0, 0.1) is 0 Å². The maximum absolute atomic E-state index is 5.94. The summed E-state index contributed by atoms with van der Waals surface area (Å²) in [5.74, 6) is 1.71. The molecule has 0 saturated carbocycles. The minimum absolute atomic E-state index is 0.669. The summed E-state index contributed by atoms with van der Waals surface area (Å²) in [7, 11) is 0. The monoisotopic (exact) mass is 478 g/mol. The number of rotatable bonds is 9. The van der Waals surface area contributed by atoms with Gasteiger partial charge in [0.05, 0.1) is 18.4 Å². The minimum atomic E-state index is 0.669. The van der Waals surface area contributed by atoms with E-state index in [0.29, 0.717) is 6.42 Å². The zero-order valence-electron chi connectivity index (χ0n) is 20.3. The summed E-state index contributed by atoms with van der Waals surface area (Å²) in [6.07, 6.45) is 7.24. The molecule has 0 atom stereocenters. The molecule has 182 valence electrons. The van der Waals surface area contributed by atoms with E-state index in [2.05, 4.69) is 46.5 Å². The highest BCUT2D eigenvalue weighted by Gasteiger charge is 2.12. The van der Waals surface area contributed by atoms with Gasteiger partial charge in [0.25, 0.3) is 0 Å². The number of benzene rings is 2. The van der Waals surface area contributed by atoms with Crippen molar-refractivity contribution in [2.45, 2.75) is 25.8 Å². The highest BCUT2D eigenvalue weighted by Crippen LogP contribution is 2.21. The highest BCUT2D eigenvalue weighted by atomic mass is 16.5. The third-order valence-electron chi connectivity index (χ3n) is 6.68. The second-order valence-electron chi connectivity index (χ2n) is 9.34. The molecule has 1 aliphatic heterocycles. The normalized spacial score (nSPS) is 14.0. The van der Waals surface area contributed by atoms with Gasteiger partial charge in [-0.05, 0) is 61.3 Å². The fraction of sp³-hybridized carbons (Fsp3) is 0.276. The van der Waals surface area contributed by atoms with Crippen LogP contribution in [-0.2, 0) is 13.0 Å². The van der Waals surface area contributed by atoms with E-state index in [4.69, 9.17) is 14.8 Å². The van der Waals surface area contributed by atoms with Gasteiger partial charge < -0.3 is 4.74 Å². The number of aromatic nitrogens is 5. The molecular weight excluding hydrogens is 448 g/mol. The first-order valence-corrected chi connectivity index (χ1v) is 12.7. The van der Waals surface area contributed by atoms with Crippen molar-refractivity contribution in [3.8, 4) is 17.0 Å². The number of hydrogen-bond donors (Lipinski definition) is 0.